The normalized spacial score (nSPS) is 23.9. The molecule has 0 radical (unpaired) electrons. The lowest BCUT2D eigenvalue weighted by Crippen LogP contribution is -2.30. The highest BCUT2D eigenvalue weighted by Crippen LogP contribution is 2.21. The molecule has 13 heavy (non-hydrogen) atoms. The van der Waals surface area contributed by atoms with Gasteiger partial charge in [0.2, 0.25) is 0 Å². The van der Waals surface area contributed by atoms with Gasteiger partial charge in [0.05, 0.1) is 5.51 Å². The van der Waals surface area contributed by atoms with Crippen molar-refractivity contribution in [2.45, 2.75) is 25.4 Å². The molecule has 2 rings (SSSR count). The predicted octanol–water partition coefficient (Wildman–Crippen LogP) is 2.08. The Balaban J connectivity index is 1.94. The van der Waals surface area contributed by atoms with Crippen molar-refractivity contribution < 1.29 is 4.39 Å². The Morgan fingerprint density at radius 2 is 2.62 bits per heavy atom. The lowest BCUT2D eigenvalue weighted by molar-refractivity contribution is 0.209. The number of hydrogen-bond acceptors (Lipinski definition) is 3. The second-order valence-corrected chi connectivity index (χ2v) is 4.36. The average Bonchev–Trinajstić information content (AvgIpc) is 2.76. The second-order valence-electron chi connectivity index (χ2n) is 3.39. The van der Waals surface area contributed by atoms with Crippen molar-refractivity contribution in [1.29, 1.82) is 0 Å². The Morgan fingerprint density at radius 3 is 3.31 bits per heavy atom. The van der Waals surface area contributed by atoms with Crippen molar-refractivity contribution in [3.05, 3.63) is 16.6 Å². The summed E-state index contributed by atoms with van der Waals surface area (Å²) < 4.78 is 12.5. The molecule has 0 N–H and O–H groups in total. The molecule has 0 aliphatic carbocycles. The van der Waals surface area contributed by atoms with Crippen molar-refractivity contribution in [1.82, 2.24) is 9.88 Å². The summed E-state index contributed by atoms with van der Waals surface area (Å²) in [6.07, 6.45) is 4.01. The summed E-state index contributed by atoms with van der Waals surface area (Å²) in [6, 6.07) is 0.155. The molecule has 1 atom stereocenters. The maximum absolute atomic E-state index is 12.5. The largest absolute Gasteiger partial charge is 0.293 e. The Hall–Kier alpha value is -0.480. The zero-order valence-corrected chi connectivity index (χ0v) is 8.26. The molecule has 2 nitrogen and oxygen atoms in total. The van der Waals surface area contributed by atoms with E-state index >= 15 is 0 Å². The number of hydrogen-bond donors (Lipinski definition) is 0. The van der Waals surface area contributed by atoms with Crippen LogP contribution in [0.2, 0.25) is 0 Å². The minimum absolute atomic E-state index is 0.155. The first kappa shape index (κ1) is 9.09. The molecule has 0 saturated carbocycles. The van der Waals surface area contributed by atoms with E-state index in [-0.39, 0.29) is 12.7 Å². The molecule has 72 valence electrons. The van der Waals surface area contributed by atoms with Gasteiger partial charge in [0, 0.05) is 23.7 Å². The first-order chi connectivity index (χ1) is 6.40. The average molecular weight is 200 g/mol. The van der Waals surface area contributed by atoms with Crippen molar-refractivity contribution in [2.75, 3.05) is 13.2 Å². The molecule has 2 heterocycles. The smallest absolute Gasteiger partial charge is 0.105 e. The molecule has 0 aromatic carbocycles. The van der Waals surface area contributed by atoms with Crippen LogP contribution in [0.1, 0.15) is 17.7 Å². The third kappa shape index (κ3) is 2.06. The van der Waals surface area contributed by atoms with E-state index in [1.807, 2.05) is 11.7 Å². The zero-order chi connectivity index (χ0) is 9.10. The molecular formula is C9H13FN2S. The van der Waals surface area contributed by atoms with E-state index in [9.17, 15) is 4.39 Å². The van der Waals surface area contributed by atoms with Crippen molar-refractivity contribution >= 4 is 11.3 Å². The maximum Gasteiger partial charge on any atom is 0.105 e. The van der Waals surface area contributed by atoms with E-state index in [1.54, 1.807) is 11.3 Å². The van der Waals surface area contributed by atoms with E-state index < -0.39 is 0 Å². The first-order valence-corrected chi connectivity index (χ1v) is 5.45. The fraction of sp³-hybridized carbons (Fsp3) is 0.667. The van der Waals surface area contributed by atoms with Crippen molar-refractivity contribution in [2.24, 2.45) is 0 Å². The van der Waals surface area contributed by atoms with Crippen LogP contribution in [0.15, 0.2) is 11.7 Å². The highest BCUT2D eigenvalue weighted by molar-refractivity contribution is 7.09. The summed E-state index contributed by atoms with van der Waals surface area (Å²) in [5, 5.41) is 0. The molecule has 0 unspecified atom stereocenters. The van der Waals surface area contributed by atoms with Gasteiger partial charge in [0.25, 0.3) is 0 Å². The Kier molecular flexibility index (Phi) is 2.90. The van der Waals surface area contributed by atoms with Gasteiger partial charge in [-0.3, -0.25) is 9.88 Å². The lowest BCUT2D eigenvalue weighted by Gasteiger charge is -2.20. The van der Waals surface area contributed by atoms with Crippen LogP contribution in [0.4, 0.5) is 4.39 Å². The first-order valence-electron chi connectivity index (χ1n) is 4.57. The highest BCUT2D eigenvalue weighted by atomic mass is 32.1. The van der Waals surface area contributed by atoms with Crippen LogP contribution in [0, 0.1) is 0 Å². The number of nitrogens with zero attached hydrogens (tertiary/aromatic N) is 2. The summed E-state index contributed by atoms with van der Waals surface area (Å²) in [5.41, 5.74) is 1.83. The summed E-state index contributed by atoms with van der Waals surface area (Å²) >= 11 is 1.65. The lowest BCUT2D eigenvalue weighted by atomic mass is 10.2. The number of alkyl halides is 1. The SMILES string of the molecule is FC[C@@H]1CCCN1Cc1cncs1. The number of likely N-dealkylation sites (tertiary alicyclic amines) is 1. The molecule has 1 aliphatic rings. The fourth-order valence-electron chi connectivity index (χ4n) is 1.80. The molecule has 1 saturated heterocycles. The van der Waals surface area contributed by atoms with E-state index in [0.29, 0.717) is 0 Å². The van der Waals surface area contributed by atoms with Crippen LogP contribution in [-0.4, -0.2) is 29.1 Å². The summed E-state index contributed by atoms with van der Waals surface area (Å²) in [7, 11) is 0. The van der Waals surface area contributed by atoms with Gasteiger partial charge in [-0.05, 0) is 19.4 Å². The van der Waals surface area contributed by atoms with E-state index in [0.717, 1.165) is 25.9 Å². The Labute approximate surface area is 81.4 Å². The number of rotatable bonds is 3. The van der Waals surface area contributed by atoms with Gasteiger partial charge in [-0.15, -0.1) is 11.3 Å². The number of halogens is 1. The minimum atomic E-state index is -0.210. The topological polar surface area (TPSA) is 16.1 Å². The Morgan fingerprint density at radius 1 is 1.69 bits per heavy atom. The molecule has 1 aromatic heterocycles. The molecule has 1 aromatic rings. The second kappa shape index (κ2) is 4.15. The van der Waals surface area contributed by atoms with Crippen LogP contribution in [0.5, 0.6) is 0 Å². The van der Waals surface area contributed by atoms with Crippen molar-refractivity contribution in [3.8, 4) is 0 Å². The summed E-state index contributed by atoms with van der Waals surface area (Å²) in [6.45, 7) is 1.70. The van der Waals surface area contributed by atoms with Gasteiger partial charge >= 0.3 is 0 Å². The third-order valence-corrected chi connectivity index (χ3v) is 3.28. The van der Waals surface area contributed by atoms with Crippen LogP contribution >= 0.6 is 11.3 Å². The summed E-state index contributed by atoms with van der Waals surface area (Å²) in [4.78, 5) is 7.47. The zero-order valence-electron chi connectivity index (χ0n) is 7.45. The molecule has 1 fully saturated rings. The van der Waals surface area contributed by atoms with Gasteiger partial charge in [-0.2, -0.15) is 0 Å². The molecule has 4 heteroatoms. The van der Waals surface area contributed by atoms with Gasteiger partial charge in [-0.25, -0.2) is 4.39 Å². The van der Waals surface area contributed by atoms with Crippen LogP contribution in [0.3, 0.4) is 0 Å². The highest BCUT2D eigenvalue weighted by Gasteiger charge is 2.24. The fourth-order valence-corrected chi connectivity index (χ4v) is 2.42. The minimum Gasteiger partial charge on any atom is -0.293 e. The van der Waals surface area contributed by atoms with E-state index in [2.05, 4.69) is 9.88 Å². The maximum atomic E-state index is 12.5. The Bertz CT molecular complexity index is 250. The predicted molar refractivity (Wildman–Crippen MR) is 51.5 cm³/mol. The number of thiazole rings is 1. The standard InChI is InChI=1S/C9H13FN2S/c10-4-8-2-1-3-12(8)6-9-5-11-7-13-9/h5,7-8H,1-4,6H2/t8-/m0/s1. The van der Waals surface area contributed by atoms with Gasteiger partial charge in [0.1, 0.15) is 6.67 Å². The molecule has 0 spiro atoms. The summed E-state index contributed by atoms with van der Waals surface area (Å²) in [5.74, 6) is 0. The van der Waals surface area contributed by atoms with Crippen LogP contribution in [-0.2, 0) is 6.54 Å². The molecule has 1 aliphatic heterocycles. The van der Waals surface area contributed by atoms with Crippen molar-refractivity contribution in [3.63, 3.8) is 0 Å². The van der Waals surface area contributed by atoms with E-state index in [4.69, 9.17) is 0 Å². The molecular weight excluding hydrogens is 187 g/mol. The van der Waals surface area contributed by atoms with Crippen LogP contribution < -0.4 is 0 Å². The van der Waals surface area contributed by atoms with Gasteiger partial charge in [0.15, 0.2) is 0 Å². The van der Waals surface area contributed by atoms with Gasteiger partial charge in [-0.1, -0.05) is 0 Å². The van der Waals surface area contributed by atoms with E-state index in [1.165, 1.54) is 4.88 Å². The quantitative estimate of drug-likeness (QED) is 0.742. The number of aromatic nitrogens is 1. The molecule has 0 bridgehead atoms. The molecule has 0 amide bonds. The third-order valence-electron chi connectivity index (χ3n) is 2.52. The van der Waals surface area contributed by atoms with Gasteiger partial charge < -0.3 is 0 Å². The van der Waals surface area contributed by atoms with Crippen LogP contribution in [0.25, 0.3) is 0 Å². The monoisotopic (exact) mass is 200 g/mol.